The number of nitrogens with zero attached hydrogens (tertiary/aromatic N) is 2. The average molecular weight is 273 g/mol. The highest BCUT2D eigenvalue weighted by molar-refractivity contribution is 5.64. The first-order chi connectivity index (χ1) is 9.78. The molecule has 5 nitrogen and oxygen atoms in total. The molecule has 0 bridgehead atoms. The maximum absolute atomic E-state index is 5.43. The number of methoxy groups -OCH3 is 1. The van der Waals surface area contributed by atoms with E-state index in [1.54, 1.807) is 7.11 Å². The van der Waals surface area contributed by atoms with E-state index in [2.05, 4.69) is 15.5 Å². The summed E-state index contributed by atoms with van der Waals surface area (Å²) in [4.78, 5) is 4.54. The number of benzene rings is 1. The maximum atomic E-state index is 5.43. The van der Waals surface area contributed by atoms with Crippen molar-refractivity contribution in [3.05, 3.63) is 29.7 Å². The highest BCUT2D eigenvalue weighted by Crippen LogP contribution is 2.30. The fourth-order valence-electron chi connectivity index (χ4n) is 2.56. The van der Waals surface area contributed by atoms with Crippen molar-refractivity contribution < 1.29 is 9.26 Å². The van der Waals surface area contributed by atoms with Crippen LogP contribution in [-0.4, -0.2) is 30.3 Å². The minimum atomic E-state index is 0.321. The summed E-state index contributed by atoms with van der Waals surface area (Å²) in [6, 6.07) is 5.98. The van der Waals surface area contributed by atoms with E-state index in [9.17, 15) is 0 Å². The van der Waals surface area contributed by atoms with E-state index < -0.39 is 0 Å². The molecule has 0 radical (unpaired) electrons. The van der Waals surface area contributed by atoms with Crippen LogP contribution in [0.25, 0.3) is 11.4 Å². The quantitative estimate of drug-likeness (QED) is 0.931. The maximum Gasteiger partial charge on any atom is 0.231 e. The van der Waals surface area contributed by atoms with Gasteiger partial charge in [-0.15, -0.1) is 0 Å². The SMILES string of the molecule is COc1cc(C)ccc1-c1noc([C@H]2CCCNC2)n1. The number of aromatic nitrogens is 2. The van der Waals surface area contributed by atoms with Gasteiger partial charge < -0.3 is 14.6 Å². The van der Waals surface area contributed by atoms with E-state index in [1.165, 1.54) is 0 Å². The molecule has 106 valence electrons. The van der Waals surface area contributed by atoms with Gasteiger partial charge in [0.05, 0.1) is 18.6 Å². The highest BCUT2D eigenvalue weighted by Gasteiger charge is 2.22. The topological polar surface area (TPSA) is 60.2 Å². The number of rotatable bonds is 3. The molecule has 1 atom stereocenters. The first kappa shape index (κ1) is 13.1. The van der Waals surface area contributed by atoms with Crippen LogP contribution in [0.2, 0.25) is 0 Å². The number of hydrogen-bond acceptors (Lipinski definition) is 5. The molecule has 1 fully saturated rings. The van der Waals surface area contributed by atoms with Crippen molar-refractivity contribution in [2.45, 2.75) is 25.7 Å². The Bertz CT molecular complexity index is 589. The third-order valence-electron chi connectivity index (χ3n) is 3.69. The minimum absolute atomic E-state index is 0.321. The van der Waals surface area contributed by atoms with Crippen LogP contribution in [0.15, 0.2) is 22.7 Å². The molecule has 0 saturated carbocycles. The summed E-state index contributed by atoms with van der Waals surface area (Å²) < 4.78 is 10.8. The molecule has 20 heavy (non-hydrogen) atoms. The molecule has 1 aliphatic rings. The monoisotopic (exact) mass is 273 g/mol. The number of piperidine rings is 1. The Balaban J connectivity index is 1.89. The Morgan fingerprint density at radius 1 is 1.40 bits per heavy atom. The molecule has 0 aliphatic carbocycles. The number of hydrogen-bond donors (Lipinski definition) is 1. The molecule has 1 N–H and O–H groups in total. The average Bonchev–Trinajstić information content (AvgIpc) is 2.97. The Labute approximate surface area is 118 Å². The Hall–Kier alpha value is -1.88. The van der Waals surface area contributed by atoms with E-state index >= 15 is 0 Å². The zero-order valence-electron chi connectivity index (χ0n) is 11.8. The van der Waals surface area contributed by atoms with E-state index in [0.717, 1.165) is 48.7 Å². The van der Waals surface area contributed by atoms with Crippen LogP contribution < -0.4 is 10.1 Å². The number of aryl methyl sites for hydroxylation is 1. The van der Waals surface area contributed by atoms with Gasteiger partial charge >= 0.3 is 0 Å². The van der Waals surface area contributed by atoms with Crippen LogP contribution in [0.1, 0.15) is 30.2 Å². The first-order valence-corrected chi connectivity index (χ1v) is 6.97. The fourth-order valence-corrected chi connectivity index (χ4v) is 2.56. The summed E-state index contributed by atoms with van der Waals surface area (Å²) in [5.74, 6) is 2.41. The largest absolute Gasteiger partial charge is 0.496 e. The summed E-state index contributed by atoms with van der Waals surface area (Å²) in [5.41, 5.74) is 2.02. The molecule has 0 spiro atoms. The lowest BCUT2D eigenvalue weighted by molar-refractivity contribution is 0.322. The molecule has 2 aromatic rings. The Morgan fingerprint density at radius 3 is 3.05 bits per heavy atom. The molecular weight excluding hydrogens is 254 g/mol. The highest BCUT2D eigenvalue weighted by atomic mass is 16.5. The predicted molar refractivity (Wildman–Crippen MR) is 75.9 cm³/mol. The molecule has 1 saturated heterocycles. The second-order valence-corrected chi connectivity index (χ2v) is 5.20. The van der Waals surface area contributed by atoms with E-state index in [1.807, 2.05) is 25.1 Å². The van der Waals surface area contributed by atoms with Crippen LogP contribution in [0, 0.1) is 6.92 Å². The smallest absolute Gasteiger partial charge is 0.231 e. The van der Waals surface area contributed by atoms with Gasteiger partial charge in [-0.05, 0) is 44.0 Å². The molecule has 0 unspecified atom stereocenters. The summed E-state index contributed by atoms with van der Waals surface area (Å²) >= 11 is 0. The molecule has 5 heteroatoms. The van der Waals surface area contributed by atoms with Crippen molar-refractivity contribution in [2.75, 3.05) is 20.2 Å². The molecule has 1 aromatic heterocycles. The minimum Gasteiger partial charge on any atom is -0.496 e. The molecule has 2 heterocycles. The molecule has 1 aromatic carbocycles. The van der Waals surface area contributed by atoms with Gasteiger partial charge in [0, 0.05) is 6.54 Å². The van der Waals surface area contributed by atoms with Crippen LogP contribution in [0.5, 0.6) is 5.75 Å². The molecule has 1 aliphatic heterocycles. The van der Waals surface area contributed by atoms with Gasteiger partial charge in [0.15, 0.2) is 0 Å². The van der Waals surface area contributed by atoms with Gasteiger partial charge in [0.25, 0.3) is 0 Å². The number of ether oxygens (including phenoxy) is 1. The van der Waals surface area contributed by atoms with Gasteiger partial charge in [-0.3, -0.25) is 0 Å². The van der Waals surface area contributed by atoms with Crippen molar-refractivity contribution in [3.8, 4) is 17.1 Å². The van der Waals surface area contributed by atoms with E-state index in [4.69, 9.17) is 9.26 Å². The second kappa shape index (κ2) is 5.63. The van der Waals surface area contributed by atoms with Gasteiger partial charge in [-0.1, -0.05) is 11.2 Å². The van der Waals surface area contributed by atoms with Crippen molar-refractivity contribution in [2.24, 2.45) is 0 Å². The summed E-state index contributed by atoms with van der Waals surface area (Å²) in [5, 5.41) is 7.47. The van der Waals surface area contributed by atoms with Gasteiger partial charge in [0.2, 0.25) is 11.7 Å². The van der Waals surface area contributed by atoms with Crippen molar-refractivity contribution >= 4 is 0 Å². The van der Waals surface area contributed by atoms with Gasteiger partial charge in [0.1, 0.15) is 5.75 Å². The Morgan fingerprint density at radius 2 is 2.30 bits per heavy atom. The zero-order valence-corrected chi connectivity index (χ0v) is 11.8. The molecular formula is C15H19N3O2. The Kier molecular flexibility index (Phi) is 3.69. The van der Waals surface area contributed by atoms with Crippen molar-refractivity contribution in [1.82, 2.24) is 15.5 Å². The second-order valence-electron chi connectivity index (χ2n) is 5.20. The van der Waals surface area contributed by atoms with Crippen LogP contribution >= 0.6 is 0 Å². The lowest BCUT2D eigenvalue weighted by Gasteiger charge is -2.18. The zero-order chi connectivity index (χ0) is 13.9. The summed E-state index contributed by atoms with van der Waals surface area (Å²) in [6.07, 6.45) is 2.25. The summed E-state index contributed by atoms with van der Waals surface area (Å²) in [7, 11) is 1.66. The van der Waals surface area contributed by atoms with Crippen molar-refractivity contribution in [1.29, 1.82) is 0 Å². The summed E-state index contributed by atoms with van der Waals surface area (Å²) in [6.45, 7) is 4.01. The predicted octanol–water partition coefficient (Wildman–Crippen LogP) is 2.52. The van der Waals surface area contributed by atoms with Crippen LogP contribution in [0.4, 0.5) is 0 Å². The van der Waals surface area contributed by atoms with Crippen molar-refractivity contribution in [3.63, 3.8) is 0 Å². The first-order valence-electron chi connectivity index (χ1n) is 6.97. The fraction of sp³-hybridized carbons (Fsp3) is 0.467. The number of nitrogens with one attached hydrogen (secondary N) is 1. The van der Waals surface area contributed by atoms with Crippen LogP contribution in [-0.2, 0) is 0 Å². The lowest BCUT2D eigenvalue weighted by Crippen LogP contribution is -2.28. The third kappa shape index (κ3) is 2.54. The van der Waals surface area contributed by atoms with Gasteiger partial charge in [-0.25, -0.2) is 0 Å². The molecule has 0 amide bonds. The van der Waals surface area contributed by atoms with Crippen LogP contribution in [0.3, 0.4) is 0 Å². The van der Waals surface area contributed by atoms with E-state index in [0.29, 0.717) is 11.7 Å². The molecule has 3 rings (SSSR count). The van der Waals surface area contributed by atoms with Gasteiger partial charge in [-0.2, -0.15) is 4.98 Å². The lowest BCUT2D eigenvalue weighted by atomic mass is 10.00. The third-order valence-corrected chi connectivity index (χ3v) is 3.69. The normalized spacial score (nSPS) is 19.0. The standard InChI is InChI=1S/C15H19N3O2/c1-10-5-6-12(13(8-10)19-2)14-17-15(20-18-14)11-4-3-7-16-9-11/h5-6,8,11,16H,3-4,7,9H2,1-2H3/t11-/m0/s1. The van der Waals surface area contributed by atoms with E-state index in [-0.39, 0.29) is 0 Å².